The van der Waals surface area contributed by atoms with E-state index in [1.54, 1.807) is 11.3 Å². The summed E-state index contributed by atoms with van der Waals surface area (Å²) in [6, 6.07) is 0. The van der Waals surface area contributed by atoms with Crippen molar-refractivity contribution in [3.8, 4) is 0 Å². The van der Waals surface area contributed by atoms with E-state index in [1.165, 1.54) is 10.7 Å². The summed E-state index contributed by atoms with van der Waals surface area (Å²) in [7, 11) is 0. The van der Waals surface area contributed by atoms with Gasteiger partial charge in [0, 0.05) is 10.8 Å². The van der Waals surface area contributed by atoms with E-state index in [0.29, 0.717) is 0 Å². The molecule has 1 aliphatic rings. The van der Waals surface area contributed by atoms with Crippen LogP contribution in [0.3, 0.4) is 0 Å². The minimum Gasteiger partial charge on any atom is -0.375 e. The summed E-state index contributed by atoms with van der Waals surface area (Å²) in [4.78, 5) is 4.97. The molecule has 0 aliphatic carbocycles. The average molecular weight is 296 g/mol. The van der Waals surface area contributed by atoms with Crippen LogP contribution in [0.15, 0.2) is 5.38 Å². The number of thiazole rings is 1. The Bertz CT molecular complexity index is 440. The first-order chi connectivity index (χ1) is 9.27. The maximum absolute atomic E-state index is 5.92. The second-order valence-electron chi connectivity index (χ2n) is 7.07. The quantitative estimate of drug-likeness (QED) is 0.920. The molecule has 1 aromatic rings. The van der Waals surface area contributed by atoms with Crippen LogP contribution in [-0.2, 0) is 15.7 Å². The van der Waals surface area contributed by atoms with Crippen LogP contribution in [0, 0.1) is 0 Å². The Morgan fingerprint density at radius 3 is 2.40 bits per heavy atom. The summed E-state index contributed by atoms with van der Waals surface area (Å²) in [5, 5.41) is 7.16. The van der Waals surface area contributed by atoms with Crippen molar-refractivity contribution < 1.29 is 4.74 Å². The maximum atomic E-state index is 5.92. The van der Waals surface area contributed by atoms with Crippen LogP contribution in [0.4, 0.5) is 0 Å². The van der Waals surface area contributed by atoms with Crippen LogP contribution in [0.5, 0.6) is 0 Å². The highest BCUT2D eigenvalue weighted by Gasteiger charge is 2.42. The van der Waals surface area contributed by atoms with Crippen LogP contribution in [-0.4, -0.2) is 23.7 Å². The van der Waals surface area contributed by atoms with Gasteiger partial charge in [-0.1, -0.05) is 27.7 Å². The fourth-order valence-corrected chi connectivity index (χ4v) is 4.37. The molecule has 0 radical (unpaired) electrons. The Balaban J connectivity index is 2.35. The van der Waals surface area contributed by atoms with Crippen LogP contribution in [0.25, 0.3) is 0 Å². The second-order valence-corrected chi connectivity index (χ2v) is 7.92. The van der Waals surface area contributed by atoms with Gasteiger partial charge in [-0.25, -0.2) is 4.98 Å². The molecule has 4 heteroatoms. The molecule has 1 aromatic heterocycles. The first-order valence-corrected chi connectivity index (χ1v) is 8.52. The number of nitrogens with one attached hydrogen (secondary N) is 1. The molecular weight excluding hydrogens is 268 g/mol. The third-order valence-electron chi connectivity index (χ3n) is 3.93. The molecule has 3 nitrogen and oxygen atoms in total. The lowest BCUT2D eigenvalue weighted by atomic mass is 9.84. The summed E-state index contributed by atoms with van der Waals surface area (Å²) in [6.45, 7) is 14.1. The van der Waals surface area contributed by atoms with Crippen molar-refractivity contribution in [3.05, 3.63) is 16.1 Å². The van der Waals surface area contributed by atoms with Gasteiger partial charge in [-0.15, -0.1) is 11.3 Å². The van der Waals surface area contributed by atoms with Crippen LogP contribution < -0.4 is 5.32 Å². The standard InChI is InChI=1S/C16H28N2OS/c1-7-17-16(8-11(2)19-12(3)9-16)14-18-13(10-20-14)15(4,5)6/h10-12,17H,7-9H2,1-6H3. The van der Waals surface area contributed by atoms with E-state index in [0.717, 1.165) is 19.4 Å². The van der Waals surface area contributed by atoms with E-state index in [9.17, 15) is 0 Å². The van der Waals surface area contributed by atoms with Crippen molar-refractivity contribution in [1.82, 2.24) is 10.3 Å². The maximum Gasteiger partial charge on any atom is 0.113 e. The normalized spacial score (nSPS) is 31.5. The fourth-order valence-electron chi connectivity index (χ4n) is 3.13. The number of aromatic nitrogens is 1. The number of hydrogen-bond donors (Lipinski definition) is 1. The summed E-state index contributed by atoms with van der Waals surface area (Å²) in [6.07, 6.45) is 2.56. The predicted octanol–water partition coefficient (Wildman–Crippen LogP) is 3.83. The molecule has 0 spiro atoms. The summed E-state index contributed by atoms with van der Waals surface area (Å²) < 4.78 is 5.92. The summed E-state index contributed by atoms with van der Waals surface area (Å²) in [5.74, 6) is 0. The lowest BCUT2D eigenvalue weighted by molar-refractivity contribution is -0.0709. The third kappa shape index (κ3) is 3.23. The molecule has 0 saturated carbocycles. The van der Waals surface area contributed by atoms with E-state index >= 15 is 0 Å². The van der Waals surface area contributed by atoms with E-state index in [1.807, 2.05) is 0 Å². The van der Waals surface area contributed by atoms with Gasteiger partial charge in [0.15, 0.2) is 0 Å². The predicted molar refractivity (Wildman–Crippen MR) is 85.4 cm³/mol. The molecule has 0 bridgehead atoms. The van der Waals surface area contributed by atoms with Crippen molar-refractivity contribution in [2.75, 3.05) is 6.54 Å². The SMILES string of the molecule is CCNC1(c2nc(C(C)(C)C)cs2)CC(C)OC(C)C1. The topological polar surface area (TPSA) is 34.2 Å². The highest BCUT2D eigenvalue weighted by Crippen LogP contribution is 2.40. The van der Waals surface area contributed by atoms with Gasteiger partial charge < -0.3 is 10.1 Å². The number of nitrogens with zero attached hydrogens (tertiary/aromatic N) is 1. The van der Waals surface area contributed by atoms with Gasteiger partial charge >= 0.3 is 0 Å². The fraction of sp³-hybridized carbons (Fsp3) is 0.812. The van der Waals surface area contributed by atoms with Gasteiger partial charge in [-0.3, -0.25) is 0 Å². The Labute approximate surface area is 127 Å². The number of hydrogen-bond acceptors (Lipinski definition) is 4. The van der Waals surface area contributed by atoms with E-state index < -0.39 is 0 Å². The smallest absolute Gasteiger partial charge is 0.113 e. The zero-order chi connectivity index (χ0) is 15.0. The molecule has 1 aliphatic heterocycles. The lowest BCUT2D eigenvalue weighted by Gasteiger charge is -2.42. The zero-order valence-electron chi connectivity index (χ0n) is 13.6. The number of rotatable bonds is 3. The van der Waals surface area contributed by atoms with Gasteiger partial charge in [0.05, 0.1) is 23.4 Å². The van der Waals surface area contributed by atoms with Gasteiger partial charge in [0.1, 0.15) is 5.01 Å². The molecular formula is C16H28N2OS. The Kier molecular flexibility index (Phi) is 4.57. The van der Waals surface area contributed by atoms with Crippen molar-refractivity contribution >= 4 is 11.3 Å². The van der Waals surface area contributed by atoms with Gasteiger partial charge in [0.25, 0.3) is 0 Å². The molecule has 2 unspecified atom stereocenters. The van der Waals surface area contributed by atoms with Crippen LogP contribution >= 0.6 is 11.3 Å². The first-order valence-electron chi connectivity index (χ1n) is 7.64. The van der Waals surface area contributed by atoms with Crippen molar-refractivity contribution in [1.29, 1.82) is 0 Å². The van der Waals surface area contributed by atoms with E-state index in [-0.39, 0.29) is 23.2 Å². The molecule has 1 N–H and O–H groups in total. The van der Waals surface area contributed by atoms with Crippen molar-refractivity contribution in [2.45, 2.75) is 77.5 Å². The van der Waals surface area contributed by atoms with Crippen LogP contribution in [0.1, 0.15) is 65.1 Å². The Morgan fingerprint density at radius 1 is 1.35 bits per heavy atom. The lowest BCUT2D eigenvalue weighted by Crippen LogP contribution is -2.51. The van der Waals surface area contributed by atoms with Crippen molar-refractivity contribution in [3.63, 3.8) is 0 Å². The number of ether oxygens (including phenoxy) is 1. The van der Waals surface area contributed by atoms with E-state index in [2.05, 4.69) is 52.2 Å². The second kappa shape index (κ2) is 5.74. The minimum atomic E-state index is -0.0139. The van der Waals surface area contributed by atoms with Crippen LogP contribution in [0.2, 0.25) is 0 Å². The highest BCUT2D eigenvalue weighted by molar-refractivity contribution is 7.09. The molecule has 0 aromatic carbocycles. The minimum absolute atomic E-state index is 0.0139. The molecule has 1 saturated heterocycles. The molecule has 1 fully saturated rings. The first kappa shape index (κ1) is 15.9. The summed E-state index contributed by atoms with van der Waals surface area (Å²) >= 11 is 1.80. The highest BCUT2D eigenvalue weighted by atomic mass is 32.1. The Hall–Kier alpha value is -0.450. The monoisotopic (exact) mass is 296 g/mol. The average Bonchev–Trinajstić information content (AvgIpc) is 2.76. The van der Waals surface area contributed by atoms with Gasteiger partial charge in [0.2, 0.25) is 0 Å². The Morgan fingerprint density at radius 2 is 1.95 bits per heavy atom. The third-order valence-corrected chi connectivity index (χ3v) is 4.98. The molecule has 2 atom stereocenters. The van der Waals surface area contributed by atoms with Gasteiger partial charge in [-0.05, 0) is 33.2 Å². The molecule has 2 rings (SSSR count). The molecule has 20 heavy (non-hydrogen) atoms. The summed E-state index contributed by atoms with van der Waals surface area (Å²) in [5.41, 5.74) is 1.30. The zero-order valence-corrected chi connectivity index (χ0v) is 14.4. The molecule has 2 heterocycles. The van der Waals surface area contributed by atoms with Crippen molar-refractivity contribution in [2.24, 2.45) is 0 Å². The van der Waals surface area contributed by atoms with E-state index in [4.69, 9.17) is 9.72 Å². The molecule has 114 valence electrons. The molecule has 0 amide bonds. The van der Waals surface area contributed by atoms with Gasteiger partial charge in [-0.2, -0.15) is 0 Å². The largest absolute Gasteiger partial charge is 0.375 e.